The van der Waals surface area contributed by atoms with Crippen molar-refractivity contribution in [3.05, 3.63) is 30.1 Å². The molecule has 0 amide bonds. The van der Waals surface area contributed by atoms with Gasteiger partial charge in [-0.1, -0.05) is 13.0 Å². The van der Waals surface area contributed by atoms with Crippen molar-refractivity contribution in [2.75, 3.05) is 24.5 Å². The Balaban J connectivity index is 0.000000295. The van der Waals surface area contributed by atoms with Crippen LogP contribution in [0.4, 0.5) is 23.2 Å². The fourth-order valence-corrected chi connectivity index (χ4v) is 2.12. The quantitative estimate of drug-likeness (QED) is 0.822. The number of carboxylic acid groups (broad SMARTS) is 1. The molecule has 1 fully saturated rings. The Morgan fingerprint density at radius 3 is 2.59 bits per heavy atom. The summed E-state index contributed by atoms with van der Waals surface area (Å²) < 4.78 is 44.8. The van der Waals surface area contributed by atoms with Crippen molar-refractivity contribution in [1.29, 1.82) is 0 Å². The zero-order valence-corrected chi connectivity index (χ0v) is 12.0. The van der Waals surface area contributed by atoms with Gasteiger partial charge in [-0.3, -0.25) is 0 Å². The van der Waals surface area contributed by atoms with E-state index in [4.69, 9.17) is 9.90 Å². The number of hydrogen-bond donors (Lipinski definition) is 2. The molecule has 1 saturated heterocycles. The lowest BCUT2D eigenvalue weighted by molar-refractivity contribution is -0.192. The molecule has 1 aromatic carbocycles. The lowest BCUT2D eigenvalue weighted by atomic mass is 10.1. The van der Waals surface area contributed by atoms with Crippen LogP contribution in [-0.2, 0) is 4.79 Å². The maximum atomic E-state index is 13.1. The smallest absolute Gasteiger partial charge is 0.475 e. The molecule has 1 heterocycles. The van der Waals surface area contributed by atoms with Gasteiger partial charge in [0.15, 0.2) is 0 Å². The van der Waals surface area contributed by atoms with E-state index in [0.717, 1.165) is 31.7 Å². The summed E-state index contributed by atoms with van der Waals surface area (Å²) in [5.74, 6) is -2.91. The average Bonchev–Trinajstić information content (AvgIpc) is 2.47. The minimum absolute atomic E-state index is 0.152. The average molecular weight is 322 g/mol. The molecule has 0 aliphatic carbocycles. The second kappa shape index (κ2) is 7.98. The molecule has 0 saturated carbocycles. The highest BCUT2D eigenvalue weighted by molar-refractivity contribution is 5.73. The Kier molecular flexibility index (Phi) is 6.61. The van der Waals surface area contributed by atoms with Crippen molar-refractivity contribution < 1.29 is 27.5 Å². The van der Waals surface area contributed by atoms with E-state index in [-0.39, 0.29) is 5.82 Å². The molecule has 4 nitrogen and oxygen atoms in total. The molecule has 1 atom stereocenters. The molecule has 1 aliphatic heterocycles. The van der Waals surface area contributed by atoms with Crippen molar-refractivity contribution in [2.24, 2.45) is 0 Å². The third-order valence-electron chi connectivity index (χ3n) is 3.20. The maximum absolute atomic E-state index is 13.1. The molecule has 22 heavy (non-hydrogen) atoms. The summed E-state index contributed by atoms with van der Waals surface area (Å²) in [4.78, 5) is 11.2. The first kappa shape index (κ1) is 18.2. The third kappa shape index (κ3) is 5.51. The van der Waals surface area contributed by atoms with Crippen LogP contribution in [0.2, 0.25) is 0 Å². The van der Waals surface area contributed by atoms with Gasteiger partial charge in [-0.05, 0) is 24.6 Å². The number of hydrogen-bond acceptors (Lipinski definition) is 3. The first-order valence-corrected chi connectivity index (χ1v) is 6.78. The number of anilines is 1. The minimum atomic E-state index is -5.08. The van der Waals surface area contributed by atoms with Crippen LogP contribution in [-0.4, -0.2) is 42.9 Å². The SMILES string of the molecule is CC[C@@H]1CNCCN1c1cccc(F)c1.O=C(O)C(F)(F)F. The number of nitrogens with one attached hydrogen (secondary N) is 1. The molecule has 0 bridgehead atoms. The number of piperazine rings is 1. The molecule has 0 spiro atoms. The maximum Gasteiger partial charge on any atom is 0.490 e. The van der Waals surface area contributed by atoms with Crippen LogP contribution in [0, 0.1) is 5.82 Å². The normalized spacial score (nSPS) is 18.4. The van der Waals surface area contributed by atoms with Crippen molar-refractivity contribution >= 4 is 11.7 Å². The summed E-state index contributed by atoms with van der Waals surface area (Å²) in [5, 5.41) is 10.5. The zero-order valence-electron chi connectivity index (χ0n) is 12.0. The van der Waals surface area contributed by atoms with Gasteiger partial charge in [0.2, 0.25) is 0 Å². The Labute approximate surface area is 125 Å². The van der Waals surface area contributed by atoms with Gasteiger partial charge in [0.25, 0.3) is 0 Å². The van der Waals surface area contributed by atoms with Crippen LogP contribution in [0.5, 0.6) is 0 Å². The van der Waals surface area contributed by atoms with E-state index < -0.39 is 12.1 Å². The summed E-state index contributed by atoms with van der Waals surface area (Å²) in [6.45, 7) is 5.10. The largest absolute Gasteiger partial charge is 0.490 e. The van der Waals surface area contributed by atoms with Gasteiger partial charge in [-0.2, -0.15) is 13.2 Å². The highest BCUT2D eigenvalue weighted by Crippen LogP contribution is 2.20. The monoisotopic (exact) mass is 322 g/mol. The van der Waals surface area contributed by atoms with Crippen LogP contribution >= 0.6 is 0 Å². The Morgan fingerprint density at radius 2 is 2.09 bits per heavy atom. The number of nitrogens with zero attached hydrogens (tertiary/aromatic N) is 1. The number of carbonyl (C=O) groups is 1. The van der Waals surface area contributed by atoms with Crippen molar-refractivity contribution in [2.45, 2.75) is 25.6 Å². The standard InChI is InChI=1S/C12H17FN2.C2HF3O2/c1-2-11-9-14-6-7-15(11)12-5-3-4-10(13)8-12;3-2(4,5)1(6)7/h3-5,8,11,14H,2,6-7,9H2,1H3;(H,6,7)/t11-;/m1./s1. The molecule has 124 valence electrons. The lowest BCUT2D eigenvalue weighted by Gasteiger charge is -2.37. The van der Waals surface area contributed by atoms with Crippen LogP contribution in [0.25, 0.3) is 0 Å². The first-order chi connectivity index (χ1) is 10.3. The molecule has 0 aromatic heterocycles. The number of aliphatic carboxylic acids is 1. The van der Waals surface area contributed by atoms with Crippen molar-refractivity contribution in [1.82, 2.24) is 5.32 Å². The second-order valence-corrected chi connectivity index (χ2v) is 4.74. The van der Waals surface area contributed by atoms with E-state index in [1.54, 1.807) is 12.1 Å². The highest BCUT2D eigenvalue weighted by atomic mass is 19.4. The van der Waals surface area contributed by atoms with E-state index in [0.29, 0.717) is 6.04 Å². The number of halogens is 4. The van der Waals surface area contributed by atoms with Crippen molar-refractivity contribution in [3.63, 3.8) is 0 Å². The summed E-state index contributed by atoms with van der Waals surface area (Å²) >= 11 is 0. The van der Waals surface area contributed by atoms with Gasteiger partial charge in [0, 0.05) is 31.4 Å². The molecule has 2 rings (SSSR count). The van der Waals surface area contributed by atoms with Crippen LogP contribution in [0.15, 0.2) is 24.3 Å². The molecule has 0 radical (unpaired) electrons. The topological polar surface area (TPSA) is 52.6 Å². The van der Waals surface area contributed by atoms with Crippen LogP contribution in [0.3, 0.4) is 0 Å². The van der Waals surface area contributed by atoms with Gasteiger partial charge in [-0.15, -0.1) is 0 Å². The summed E-state index contributed by atoms with van der Waals surface area (Å²) in [5.41, 5.74) is 1.00. The Bertz CT molecular complexity index is 494. The predicted octanol–water partition coefficient (Wildman–Crippen LogP) is 2.65. The van der Waals surface area contributed by atoms with E-state index in [9.17, 15) is 17.6 Å². The Morgan fingerprint density at radius 1 is 1.45 bits per heavy atom. The van der Waals surface area contributed by atoms with E-state index >= 15 is 0 Å². The molecule has 0 unspecified atom stereocenters. The van der Waals surface area contributed by atoms with Gasteiger partial charge >= 0.3 is 12.1 Å². The summed E-state index contributed by atoms with van der Waals surface area (Å²) in [6.07, 6.45) is -4.00. The molecular weight excluding hydrogens is 304 g/mol. The number of rotatable bonds is 2. The predicted molar refractivity (Wildman–Crippen MR) is 74.4 cm³/mol. The van der Waals surface area contributed by atoms with Crippen LogP contribution in [0.1, 0.15) is 13.3 Å². The van der Waals surface area contributed by atoms with Gasteiger partial charge < -0.3 is 15.3 Å². The van der Waals surface area contributed by atoms with Gasteiger partial charge in [0.1, 0.15) is 5.82 Å². The van der Waals surface area contributed by atoms with Gasteiger partial charge in [-0.25, -0.2) is 9.18 Å². The van der Waals surface area contributed by atoms with Gasteiger partial charge in [0.05, 0.1) is 0 Å². The first-order valence-electron chi connectivity index (χ1n) is 6.78. The zero-order chi connectivity index (χ0) is 16.8. The van der Waals surface area contributed by atoms with E-state index in [1.165, 1.54) is 6.07 Å². The molecule has 1 aromatic rings. The number of alkyl halides is 3. The fourth-order valence-electron chi connectivity index (χ4n) is 2.12. The summed E-state index contributed by atoms with van der Waals surface area (Å²) in [6, 6.07) is 7.36. The number of benzene rings is 1. The van der Waals surface area contributed by atoms with E-state index in [2.05, 4.69) is 17.1 Å². The van der Waals surface area contributed by atoms with Crippen LogP contribution < -0.4 is 10.2 Å². The summed E-state index contributed by atoms with van der Waals surface area (Å²) in [7, 11) is 0. The Hall–Kier alpha value is -1.83. The fraction of sp³-hybridized carbons (Fsp3) is 0.500. The molecular formula is C14H18F4N2O2. The van der Waals surface area contributed by atoms with E-state index in [1.807, 2.05) is 6.07 Å². The highest BCUT2D eigenvalue weighted by Gasteiger charge is 2.38. The van der Waals surface area contributed by atoms with Crippen molar-refractivity contribution in [3.8, 4) is 0 Å². The number of carboxylic acids is 1. The lowest BCUT2D eigenvalue weighted by Crippen LogP contribution is -2.51. The molecule has 8 heteroatoms. The minimum Gasteiger partial charge on any atom is -0.475 e. The third-order valence-corrected chi connectivity index (χ3v) is 3.20. The molecule has 1 aliphatic rings. The molecule has 2 N–H and O–H groups in total. The second-order valence-electron chi connectivity index (χ2n) is 4.74.